The number of carbonyl (C=O) groups excluding carboxylic acids is 1. The maximum absolute atomic E-state index is 13.2. The van der Waals surface area contributed by atoms with Gasteiger partial charge in [-0.1, -0.05) is 18.2 Å². The Labute approximate surface area is 196 Å². The lowest BCUT2D eigenvalue weighted by atomic mass is 10.1. The van der Waals surface area contributed by atoms with E-state index in [1.807, 2.05) is 59.5 Å². The number of aromatic hydroxyl groups is 1. The minimum Gasteiger partial charge on any atom is -0.508 e. The van der Waals surface area contributed by atoms with Crippen molar-refractivity contribution in [1.29, 1.82) is 0 Å². The van der Waals surface area contributed by atoms with Crippen LogP contribution >= 0.6 is 11.8 Å². The number of furan rings is 2. The molecule has 0 saturated heterocycles. The van der Waals surface area contributed by atoms with Crippen molar-refractivity contribution in [2.75, 3.05) is 11.5 Å². The molecule has 0 spiro atoms. The van der Waals surface area contributed by atoms with Gasteiger partial charge in [-0.3, -0.25) is 0 Å². The highest BCUT2D eigenvalue weighted by Gasteiger charge is 2.33. The maximum Gasteiger partial charge on any atom is 0.337 e. The summed E-state index contributed by atoms with van der Waals surface area (Å²) in [6.45, 7) is 2.03. The van der Waals surface area contributed by atoms with Crippen LogP contribution in [-0.2, 0) is 21.0 Å². The molecular formula is C26H25NO5S. The summed E-state index contributed by atoms with van der Waals surface area (Å²) < 4.78 is 16.9. The Kier molecular flexibility index (Phi) is 7.42. The van der Waals surface area contributed by atoms with Gasteiger partial charge in [0, 0.05) is 11.4 Å². The van der Waals surface area contributed by atoms with Crippen LogP contribution in [0, 0.1) is 0 Å². The molecule has 1 N–H and O–H groups in total. The smallest absolute Gasteiger partial charge is 0.337 e. The summed E-state index contributed by atoms with van der Waals surface area (Å²) in [5, 5.41) is 9.77. The number of esters is 1. The van der Waals surface area contributed by atoms with Crippen LogP contribution in [0.25, 0.3) is 0 Å². The standard InChI is InChI=1S/C26H25NO5S/c1-2-30-26(29)25(24-15-14-23(32-24)18-33-17-22-9-6-16-31-22)27(19-7-4-3-5-8-19)20-10-12-21(28)13-11-20/h3-16,25,28H,2,17-18H2,1H3. The van der Waals surface area contributed by atoms with E-state index in [1.165, 1.54) is 0 Å². The summed E-state index contributed by atoms with van der Waals surface area (Å²) in [7, 11) is 0. The first-order valence-electron chi connectivity index (χ1n) is 10.6. The number of anilines is 2. The van der Waals surface area contributed by atoms with E-state index in [9.17, 15) is 9.90 Å². The number of rotatable bonds is 10. The van der Waals surface area contributed by atoms with E-state index in [-0.39, 0.29) is 12.4 Å². The minimum atomic E-state index is -0.833. The minimum absolute atomic E-state index is 0.147. The SMILES string of the molecule is CCOC(=O)C(c1ccc(CSCc2ccco2)o1)N(c1ccccc1)c1ccc(O)cc1. The van der Waals surface area contributed by atoms with E-state index in [0.717, 1.165) is 28.6 Å². The fourth-order valence-electron chi connectivity index (χ4n) is 3.48. The van der Waals surface area contributed by atoms with Gasteiger partial charge >= 0.3 is 5.97 Å². The summed E-state index contributed by atoms with van der Waals surface area (Å²) >= 11 is 1.67. The molecule has 7 heteroatoms. The largest absolute Gasteiger partial charge is 0.508 e. The van der Waals surface area contributed by atoms with E-state index in [4.69, 9.17) is 13.6 Å². The molecule has 0 aliphatic carbocycles. The van der Waals surface area contributed by atoms with Gasteiger partial charge in [0.05, 0.1) is 24.4 Å². The fourth-order valence-corrected chi connectivity index (χ4v) is 4.31. The molecule has 2 aromatic heterocycles. The Morgan fingerprint density at radius 1 is 0.939 bits per heavy atom. The summed E-state index contributed by atoms with van der Waals surface area (Å²) in [5.74, 6) is 3.24. The number of hydrogen-bond donors (Lipinski definition) is 1. The third-order valence-electron chi connectivity index (χ3n) is 4.95. The number of nitrogens with zero attached hydrogens (tertiary/aromatic N) is 1. The quantitative estimate of drug-likeness (QED) is 0.271. The van der Waals surface area contributed by atoms with Crippen molar-refractivity contribution >= 4 is 29.1 Å². The normalized spacial score (nSPS) is 11.8. The topological polar surface area (TPSA) is 76.0 Å². The van der Waals surface area contributed by atoms with E-state index in [0.29, 0.717) is 11.5 Å². The lowest BCUT2D eigenvalue weighted by molar-refractivity contribution is -0.145. The van der Waals surface area contributed by atoms with Crippen molar-refractivity contribution in [2.24, 2.45) is 0 Å². The third kappa shape index (κ3) is 5.62. The highest BCUT2D eigenvalue weighted by atomic mass is 32.2. The molecule has 170 valence electrons. The van der Waals surface area contributed by atoms with Crippen molar-refractivity contribution < 1.29 is 23.5 Å². The zero-order valence-electron chi connectivity index (χ0n) is 18.2. The molecule has 1 unspecified atom stereocenters. The molecule has 0 radical (unpaired) electrons. The monoisotopic (exact) mass is 463 g/mol. The average Bonchev–Trinajstić information content (AvgIpc) is 3.51. The molecule has 0 amide bonds. The molecule has 0 bridgehead atoms. The van der Waals surface area contributed by atoms with E-state index >= 15 is 0 Å². The van der Waals surface area contributed by atoms with Gasteiger partial charge in [0.1, 0.15) is 23.0 Å². The second-order valence-electron chi connectivity index (χ2n) is 7.25. The molecule has 0 aliphatic rings. The summed E-state index contributed by atoms with van der Waals surface area (Å²) in [6, 6.07) is 22.9. The van der Waals surface area contributed by atoms with Crippen molar-refractivity contribution in [3.8, 4) is 5.75 Å². The molecule has 0 fully saturated rings. The second kappa shape index (κ2) is 10.8. The van der Waals surface area contributed by atoms with Gasteiger partial charge in [-0.05, 0) is 67.6 Å². The van der Waals surface area contributed by atoms with Gasteiger partial charge in [-0.25, -0.2) is 4.79 Å². The first kappa shape index (κ1) is 22.6. The fraction of sp³-hybridized carbons (Fsp3) is 0.192. The van der Waals surface area contributed by atoms with Crippen LogP contribution in [-0.4, -0.2) is 17.7 Å². The molecule has 0 saturated carbocycles. The van der Waals surface area contributed by atoms with Crippen molar-refractivity contribution in [3.05, 3.63) is 102 Å². The van der Waals surface area contributed by atoms with Crippen molar-refractivity contribution in [2.45, 2.75) is 24.5 Å². The number of hydrogen-bond acceptors (Lipinski definition) is 7. The van der Waals surface area contributed by atoms with Crippen molar-refractivity contribution in [1.82, 2.24) is 0 Å². The number of benzene rings is 2. The zero-order valence-corrected chi connectivity index (χ0v) is 19.0. The second-order valence-corrected chi connectivity index (χ2v) is 8.24. The van der Waals surface area contributed by atoms with Crippen LogP contribution < -0.4 is 4.90 Å². The summed E-state index contributed by atoms with van der Waals surface area (Å²) in [5.41, 5.74) is 1.52. The van der Waals surface area contributed by atoms with Gasteiger partial charge in [-0.15, -0.1) is 11.8 Å². The van der Waals surface area contributed by atoms with Crippen LogP contribution in [0.3, 0.4) is 0 Å². The third-order valence-corrected chi connectivity index (χ3v) is 5.93. The number of carbonyl (C=O) groups is 1. The first-order chi connectivity index (χ1) is 16.2. The maximum atomic E-state index is 13.2. The average molecular weight is 464 g/mol. The summed E-state index contributed by atoms with van der Waals surface area (Å²) in [6.07, 6.45) is 1.66. The predicted molar refractivity (Wildman–Crippen MR) is 128 cm³/mol. The molecule has 6 nitrogen and oxygen atoms in total. The van der Waals surface area contributed by atoms with Gasteiger partial charge in [-0.2, -0.15) is 0 Å². The molecule has 1 atom stereocenters. The highest BCUT2D eigenvalue weighted by Crippen LogP contribution is 2.37. The highest BCUT2D eigenvalue weighted by molar-refractivity contribution is 7.97. The Morgan fingerprint density at radius 3 is 2.36 bits per heavy atom. The molecular weight excluding hydrogens is 438 g/mol. The van der Waals surface area contributed by atoms with Crippen LogP contribution in [0.4, 0.5) is 11.4 Å². The molecule has 33 heavy (non-hydrogen) atoms. The Morgan fingerprint density at radius 2 is 1.67 bits per heavy atom. The van der Waals surface area contributed by atoms with Crippen LogP contribution in [0.15, 0.2) is 94.0 Å². The Hall–Kier alpha value is -3.58. The number of thioether (sulfide) groups is 1. The number of ether oxygens (including phenoxy) is 1. The van der Waals surface area contributed by atoms with Gasteiger partial charge < -0.3 is 23.6 Å². The number of para-hydroxylation sites is 1. The number of phenols is 1. The Balaban J connectivity index is 1.65. The van der Waals surface area contributed by atoms with E-state index in [1.54, 1.807) is 49.2 Å². The lowest BCUT2D eigenvalue weighted by Gasteiger charge is -2.31. The van der Waals surface area contributed by atoms with Crippen LogP contribution in [0.1, 0.15) is 30.2 Å². The van der Waals surface area contributed by atoms with Gasteiger partial charge in [0.15, 0.2) is 6.04 Å². The predicted octanol–water partition coefficient (Wildman–Crippen LogP) is 6.45. The summed E-state index contributed by atoms with van der Waals surface area (Å²) in [4.78, 5) is 15.0. The zero-order chi connectivity index (χ0) is 23.0. The molecule has 0 aliphatic heterocycles. The van der Waals surface area contributed by atoms with Gasteiger partial charge in [0.2, 0.25) is 0 Å². The molecule has 4 rings (SSSR count). The number of phenolic OH excluding ortho intramolecular Hbond substituents is 1. The Bertz CT molecular complexity index is 1140. The van der Waals surface area contributed by atoms with Crippen LogP contribution in [0.5, 0.6) is 5.75 Å². The molecule has 2 heterocycles. The molecule has 2 aromatic carbocycles. The van der Waals surface area contributed by atoms with E-state index in [2.05, 4.69) is 0 Å². The first-order valence-corrected chi connectivity index (χ1v) is 11.8. The van der Waals surface area contributed by atoms with Gasteiger partial charge in [0.25, 0.3) is 0 Å². The molecule has 4 aromatic rings. The van der Waals surface area contributed by atoms with Crippen molar-refractivity contribution in [3.63, 3.8) is 0 Å². The van der Waals surface area contributed by atoms with E-state index < -0.39 is 12.0 Å². The van der Waals surface area contributed by atoms with Crippen LogP contribution in [0.2, 0.25) is 0 Å². The lowest BCUT2D eigenvalue weighted by Crippen LogP contribution is -2.31.